The molecule has 3 heterocycles. The molecule has 0 spiro atoms. The highest BCUT2D eigenvalue weighted by molar-refractivity contribution is 5.90. The Bertz CT molecular complexity index is 815. The molecule has 138 valence electrons. The van der Waals surface area contributed by atoms with E-state index in [1.165, 1.54) is 25.7 Å². The van der Waals surface area contributed by atoms with Crippen molar-refractivity contribution in [2.45, 2.75) is 58.2 Å². The fourth-order valence-corrected chi connectivity index (χ4v) is 3.82. The molecule has 0 saturated heterocycles. The first-order chi connectivity index (χ1) is 12.6. The predicted octanol–water partition coefficient (Wildman–Crippen LogP) is 2.10. The van der Waals surface area contributed by atoms with Gasteiger partial charge in [-0.05, 0) is 32.1 Å². The summed E-state index contributed by atoms with van der Waals surface area (Å²) in [6.07, 6.45) is 7.44. The lowest BCUT2D eigenvalue weighted by Gasteiger charge is -2.17. The summed E-state index contributed by atoms with van der Waals surface area (Å²) in [5, 5.41) is 15.0. The molecule has 1 atom stereocenters. The van der Waals surface area contributed by atoms with Gasteiger partial charge in [0, 0.05) is 24.9 Å². The van der Waals surface area contributed by atoms with E-state index in [9.17, 15) is 4.79 Å². The first kappa shape index (κ1) is 16.8. The van der Waals surface area contributed by atoms with E-state index in [4.69, 9.17) is 0 Å². The van der Waals surface area contributed by atoms with Gasteiger partial charge < -0.3 is 10.6 Å². The number of rotatable bonds is 4. The molecule has 1 amide bonds. The van der Waals surface area contributed by atoms with Crippen LogP contribution in [0.1, 0.15) is 48.4 Å². The highest BCUT2D eigenvalue weighted by Crippen LogP contribution is 2.25. The van der Waals surface area contributed by atoms with E-state index in [0.29, 0.717) is 18.9 Å². The molecule has 1 aliphatic heterocycles. The predicted molar refractivity (Wildman–Crippen MR) is 97.6 cm³/mol. The molecule has 0 aromatic carbocycles. The van der Waals surface area contributed by atoms with Crippen molar-refractivity contribution in [3.05, 3.63) is 36.2 Å². The maximum atomic E-state index is 12.5. The van der Waals surface area contributed by atoms with E-state index >= 15 is 0 Å². The fourth-order valence-electron chi connectivity index (χ4n) is 3.82. The quantitative estimate of drug-likeness (QED) is 0.877. The second kappa shape index (κ2) is 6.93. The molecular formula is C18H25N7O. The Morgan fingerprint density at radius 1 is 1.35 bits per heavy atom. The third-order valence-corrected chi connectivity index (χ3v) is 5.21. The summed E-state index contributed by atoms with van der Waals surface area (Å²) in [4.78, 5) is 16.7. The van der Waals surface area contributed by atoms with Gasteiger partial charge in [-0.25, -0.2) is 9.67 Å². The van der Waals surface area contributed by atoms with Crippen molar-refractivity contribution in [1.29, 1.82) is 0 Å². The van der Waals surface area contributed by atoms with E-state index in [0.717, 1.165) is 23.8 Å². The zero-order valence-corrected chi connectivity index (χ0v) is 15.1. The zero-order chi connectivity index (χ0) is 18.1. The van der Waals surface area contributed by atoms with Crippen molar-refractivity contribution in [1.82, 2.24) is 29.9 Å². The van der Waals surface area contributed by atoms with Gasteiger partial charge >= 0.3 is 0 Å². The van der Waals surface area contributed by atoms with Gasteiger partial charge in [-0.2, -0.15) is 5.10 Å². The maximum Gasteiger partial charge on any atom is 0.291 e. The van der Waals surface area contributed by atoms with Gasteiger partial charge in [-0.1, -0.05) is 19.4 Å². The van der Waals surface area contributed by atoms with Crippen LogP contribution in [0.5, 0.6) is 0 Å². The zero-order valence-electron chi connectivity index (χ0n) is 15.1. The summed E-state index contributed by atoms with van der Waals surface area (Å²) in [6.45, 7) is 7.59. The third-order valence-electron chi connectivity index (χ3n) is 5.21. The average molecular weight is 355 g/mol. The highest BCUT2D eigenvalue weighted by Gasteiger charge is 2.24. The molecule has 4 rings (SSSR count). The normalized spacial score (nSPS) is 20.5. The van der Waals surface area contributed by atoms with Crippen LogP contribution >= 0.6 is 0 Å². The van der Waals surface area contributed by atoms with Gasteiger partial charge in [0.25, 0.3) is 5.91 Å². The molecule has 1 aliphatic carbocycles. The van der Waals surface area contributed by atoms with Crippen LogP contribution < -0.4 is 10.6 Å². The number of carbonyl (C=O) groups excluding carboxylic acids is 1. The molecule has 8 nitrogen and oxygen atoms in total. The van der Waals surface area contributed by atoms with Gasteiger partial charge in [-0.3, -0.25) is 9.48 Å². The van der Waals surface area contributed by atoms with E-state index in [-0.39, 0.29) is 17.8 Å². The molecule has 2 N–H and O–H groups in total. The monoisotopic (exact) mass is 355 g/mol. The molecule has 2 aromatic heterocycles. The number of nitrogens with one attached hydrogen (secondary N) is 2. The van der Waals surface area contributed by atoms with Crippen LogP contribution in [0.15, 0.2) is 24.7 Å². The van der Waals surface area contributed by atoms with E-state index < -0.39 is 0 Å². The lowest BCUT2D eigenvalue weighted by Crippen LogP contribution is -2.38. The summed E-state index contributed by atoms with van der Waals surface area (Å²) in [6, 6.07) is 1.79. The second-order valence-electron chi connectivity index (χ2n) is 7.30. The molecule has 0 bridgehead atoms. The summed E-state index contributed by atoms with van der Waals surface area (Å²) < 4.78 is 3.70. The molecule has 1 fully saturated rings. The summed E-state index contributed by atoms with van der Waals surface area (Å²) in [5.41, 5.74) is 1.71. The number of carbonyl (C=O) groups is 1. The first-order valence-electron chi connectivity index (χ1n) is 9.29. The Labute approximate surface area is 152 Å². The second-order valence-corrected chi connectivity index (χ2v) is 7.30. The van der Waals surface area contributed by atoms with Crippen LogP contribution in [0.4, 0.5) is 5.82 Å². The molecule has 8 heteroatoms. The Morgan fingerprint density at radius 3 is 2.96 bits per heavy atom. The standard InChI is InChI=1S/C18H25N7O/c1-12-9-16-20-13(2)15(7-8-25(16)22-12)21-18(26)17-19-11-24(23-17)10-14-5-3-4-6-14/h9,11,14-15,20H,2-8,10H2,1H3,(H,21,26). The molecule has 1 unspecified atom stereocenters. The lowest BCUT2D eigenvalue weighted by atomic mass is 10.1. The number of nitrogens with zero attached hydrogens (tertiary/aromatic N) is 5. The Hall–Kier alpha value is -2.64. The number of hydrogen-bond donors (Lipinski definition) is 2. The van der Waals surface area contributed by atoms with Crippen LogP contribution in [0.25, 0.3) is 0 Å². The van der Waals surface area contributed by atoms with Crippen molar-refractivity contribution < 1.29 is 4.79 Å². The van der Waals surface area contributed by atoms with Gasteiger partial charge in [0.15, 0.2) is 0 Å². The maximum absolute atomic E-state index is 12.5. The van der Waals surface area contributed by atoms with Crippen molar-refractivity contribution in [3.63, 3.8) is 0 Å². The smallest absolute Gasteiger partial charge is 0.291 e. The van der Waals surface area contributed by atoms with Gasteiger partial charge in [-0.15, -0.1) is 5.10 Å². The molecule has 26 heavy (non-hydrogen) atoms. The van der Waals surface area contributed by atoms with Crippen LogP contribution in [0.3, 0.4) is 0 Å². The Morgan fingerprint density at radius 2 is 2.15 bits per heavy atom. The molecule has 1 saturated carbocycles. The number of amides is 1. The van der Waals surface area contributed by atoms with Crippen LogP contribution in [-0.4, -0.2) is 36.5 Å². The van der Waals surface area contributed by atoms with Gasteiger partial charge in [0.2, 0.25) is 5.82 Å². The lowest BCUT2D eigenvalue weighted by molar-refractivity contribution is 0.0929. The van der Waals surface area contributed by atoms with E-state index in [1.54, 1.807) is 11.0 Å². The van der Waals surface area contributed by atoms with Crippen molar-refractivity contribution in [2.24, 2.45) is 5.92 Å². The summed E-state index contributed by atoms with van der Waals surface area (Å²) in [5.74, 6) is 1.51. The highest BCUT2D eigenvalue weighted by atomic mass is 16.2. The Kier molecular flexibility index (Phi) is 4.48. The molecule has 2 aliphatic rings. The molecule has 2 aromatic rings. The third kappa shape index (κ3) is 3.49. The number of aryl methyl sites for hydroxylation is 2. The number of fused-ring (bicyclic) bond motifs is 1. The van der Waals surface area contributed by atoms with E-state index in [2.05, 4.69) is 32.4 Å². The molecular weight excluding hydrogens is 330 g/mol. The van der Waals surface area contributed by atoms with Crippen LogP contribution in [0, 0.1) is 12.8 Å². The number of aromatic nitrogens is 5. The fraction of sp³-hybridized carbons (Fsp3) is 0.556. The average Bonchev–Trinajstić information content (AvgIpc) is 3.32. The van der Waals surface area contributed by atoms with Gasteiger partial charge in [0.1, 0.15) is 12.1 Å². The number of hydrogen-bond acceptors (Lipinski definition) is 5. The SMILES string of the molecule is C=C1Nc2cc(C)nn2CCC1NC(=O)c1ncn(CC2CCCC2)n1. The number of anilines is 1. The topological polar surface area (TPSA) is 89.7 Å². The van der Waals surface area contributed by atoms with E-state index in [1.807, 2.05) is 17.7 Å². The minimum absolute atomic E-state index is 0.189. The first-order valence-corrected chi connectivity index (χ1v) is 9.29. The van der Waals surface area contributed by atoms with Crippen LogP contribution in [0.2, 0.25) is 0 Å². The van der Waals surface area contributed by atoms with Crippen molar-refractivity contribution >= 4 is 11.7 Å². The molecule has 0 radical (unpaired) electrons. The van der Waals surface area contributed by atoms with Crippen LogP contribution in [-0.2, 0) is 13.1 Å². The largest absolute Gasteiger partial charge is 0.343 e. The van der Waals surface area contributed by atoms with Crippen molar-refractivity contribution in [2.75, 3.05) is 5.32 Å². The summed E-state index contributed by atoms with van der Waals surface area (Å²) >= 11 is 0. The minimum Gasteiger partial charge on any atom is -0.343 e. The summed E-state index contributed by atoms with van der Waals surface area (Å²) in [7, 11) is 0. The minimum atomic E-state index is -0.265. The Balaban J connectivity index is 1.38. The van der Waals surface area contributed by atoms with Crippen molar-refractivity contribution in [3.8, 4) is 0 Å². The van der Waals surface area contributed by atoms with Gasteiger partial charge in [0.05, 0.1) is 11.7 Å².